The number of hydrogen-bond donors (Lipinski definition) is 1. The van der Waals surface area contributed by atoms with Crippen LogP contribution in [-0.2, 0) is 21.2 Å². The van der Waals surface area contributed by atoms with Gasteiger partial charge in [-0.3, -0.25) is 0 Å². The Labute approximate surface area is 119 Å². The van der Waals surface area contributed by atoms with Crippen molar-refractivity contribution in [2.75, 3.05) is 11.5 Å². The maximum atomic E-state index is 11.5. The Morgan fingerprint density at radius 1 is 1.42 bits per heavy atom. The molecule has 1 aromatic carbocycles. The molecule has 1 aromatic rings. The summed E-state index contributed by atoms with van der Waals surface area (Å²) in [6.45, 7) is 2.24. The third-order valence-corrected chi connectivity index (χ3v) is 5.24. The highest BCUT2D eigenvalue weighted by Gasteiger charge is 2.39. The van der Waals surface area contributed by atoms with Crippen LogP contribution in [0.2, 0.25) is 0 Å². The molecule has 1 saturated heterocycles. The molecule has 1 aliphatic rings. The first kappa shape index (κ1) is 14.3. The van der Waals surface area contributed by atoms with Gasteiger partial charge in [0.1, 0.15) is 6.61 Å². The molecule has 0 aromatic heterocycles. The van der Waals surface area contributed by atoms with Crippen molar-refractivity contribution in [3.05, 3.63) is 35.9 Å². The third-order valence-electron chi connectivity index (χ3n) is 3.12. The average Bonchev–Trinajstić information content (AvgIpc) is 2.62. The lowest BCUT2D eigenvalue weighted by atomic mass is 10.0. The fraction of sp³-hybridized carbons (Fsp3) is 0.462. The van der Waals surface area contributed by atoms with E-state index in [0.29, 0.717) is 13.0 Å². The zero-order chi connectivity index (χ0) is 13.9. The van der Waals surface area contributed by atoms with E-state index in [2.05, 4.69) is 5.32 Å². The predicted octanol–water partition coefficient (Wildman–Crippen LogP) is 1.65. The van der Waals surface area contributed by atoms with Crippen LogP contribution in [0.3, 0.4) is 0 Å². The molecule has 1 unspecified atom stereocenters. The van der Waals surface area contributed by atoms with Crippen molar-refractivity contribution in [1.82, 2.24) is 5.32 Å². The topological polar surface area (TPSA) is 55.4 Å². The first-order valence-corrected chi connectivity index (χ1v) is 8.31. The van der Waals surface area contributed by atoms with Gasteiger partial charge >= 0.3 is 0 Å². The van der Waals surface area contributed by atoms with Gasteiger partial charge in [-0.25, -0.2) is 8.42 Å². The Morgan fingerprint density at radius 2 is 2.11 bits per heavy atom. The summed E-state index contributed by atoms with van der Waals surface area (Å²) < 4.78 is 28.4. The molecule has 104 valence electrons. The molecule has 0 spiro atoms. The van der Waals surface area contributed by atoms with Gasteiger partial charge in [0, 0.05) is 0 Å². The molecule has 1 atom stereocenters. The Hall–Kier alpha value is -1.14. The Bertz CT molecular complexity index is 557. The minimum atomic E-state index is -2.94. The van der Waals surface area contributed by atoms with Gasteiger partial charge in [0.2, 0.25) is 0 Å². The second-order valence-electron chi connectivity index (χ2n) is 5.09. The van der Waals surface area contributed by atoms with Crippen molar-refractivity contribution in [3.63, 3.8) is 0 Å². The van der Waals surface area contributed by atoms with Gasteiger partial charge in [-0.15, -0.1) is 0 Å². The van der Waals surface area contributed by atoms with Gasteiger partial charge < -0.3 is 10.1 Å². The summed E-state index contributed by atoms with van der Waals surface area (Å²) in [5, 5.41) is 3.26. The minimum Gasteiger partial charge on any atom is -0.466 e. The minimum absolute atomic E-state index is 0.106. The molecule has 1 aliphatic heterocycles. The fourth-order valence-electron chi connectivity index (χ4n) is 2.11. The maximum Gasteiger partial charge on any atom is 0.257 e. The van der Waals surface area contributed by atoms with Gasteiger partial charge in [0.25, 0.3) is 5.17 Å². The Kier molecular flexibility index (Phi) is 4.10. The van der Waals surface area contributed by atoms with E-state index in [9.17, 15) is 8.42 Å². The van der Waals surface area contributed by atoms with Crippen molar-refractivity contribution >= 4 is 27.2 Å². The maximum absolute atomic E-state index is 11.5. The predicted molar refractivity (Wildman–Crippen MR) is 78.6 cm³/mol. The smallest absolute Gasteiger partial charge is 0.257 e. The number of benzene rings is 1. The SMILES string of the molecule is CC1(NC(=S)OCc2ccccc2)CCS(=O)(=O)C1. The lowest BCUT2D eigenvalue weighted by molar-refractivity contribution is 0.271. The molecular formula is C13H17NO3S2. The van der Waals surface area contributed by atoms with Crippen LogP contribution in [0.5, 0.6) is 0 Å². The van der Waals surface area contributed by atoms with Crippen molar-refractivity contribution in [2.24, 2.45) is 0 Å². The molecule has 1 fully saturated rings. The molecule has 0 radical (unpaired) electrons. The van der Waals surface area contributed by atoms with Crippen molar-refractivity contribution < 1.29 is 13.2 Å². The summed E-state index contributed by atoms with van der Waals surface area (Å²) in [6.07, 6.45) is 0.560. The summed E-state index contributed by atoms with van der Waals surface area (Å²) in [6, 6.07) is 9.69. The lowest BCUT2D eigenvalue weighted by Crippen LogP contribution is -2.46. The largest absolute Gasteiger partial charge is 0.466 e. The van der Waals surface area contributed by atoms with Crippen LogP contribution in [0.4, 0.5) is 0 Å². The van der Waals surface area contributed by atoms with Crippen LogP contribution in [0, 0.1) is 0 Å². The monoisotopic (exact) mass is 299 g/mol. The van der Waals surface area contributed by atoms with Crippen LogP contribution >= 0.6 is 12.2 Å². The Balaban J connectivity index is 1.85. The number of sulfone groups is 1. The van der Waals surface area contributed by atoms with E-state index < -0.39 is 15.4 Å². The zero-order valence-electron chi connectivity index (χ0n) is 10.8. The van der Waals surface area contributed by atoms with E-state index in [4.69, 9.17) is 17.0 Å². The van der Waals surface area contributed by atoms with Gasteiger partial charge in [0.05, 0.1) is 17.0 Å². The van der Waals surface area contributed by atoms with E-state index in [1.54, 1.807) is 0 Å². The first-order chi connectivity index (χ1) is 8.89. The van der Waals surface area contributed by atoms with E-state index in [-0.39, 0.29) is 16.7 Å². The molecule has 4 nitrogen and oxygen atoms in total. The van der Waals surface area contributed by atoms with E-state index in [1.165, 1.54) is 0 Å². The molecular weight excluding hydrogens is 282 g/mol. The lowest BCUT2D eigenvalue weighted by Gasteiger charge is -2.25. The Morgan fingerprint density at radius 3 is 2.68 bits per heavy atom. The van der Waals surface area contributed by atoms with Gasteiger partial charge in [-0.05, 0) is 31.1 Å². The van der Waals surface area contributed by atoms with Crippen LogP contribution in [0.1, 0.15) is 18.9 Å². The number of ether oxygens (including phenoxy) is 1. The van der Waals surface area contributed by atoms with Gasteiger partial charge in [0.15, 0.2) is 9.84 Å². The highest BCUT2D eigenvalue weighted by molar-refractivity contribution is 7.91. The second-order valence-corrected chi connectivity index (χ2v) is 7.64. The van der Waals surface area contributed by atoms with Gasteiger partial charge in [-0.1, -0.05) is 30.3 Å². The van der Waals surface area contributed by atoms with Crippen molar-refractivity contribution in [2.45, 2.75) is 25.5 Å². The molecule has 0 bridgehead atoms. The summed E-state index contributed by atoms with van der Waals surface area (Å²) in [7, 11) is -2.94. The van der Waals surface area contributed by atoms with Crippen LogP contribution in [-0.4, -0.2) is 30.6 Å². The normalized spacial score (nSPS) is 24.9. The molecule has 0 aliphatic carbocycles. The quantitative estimate of drug-likeness (QED) is 0.860. The first-order valence-electron chi connectivity index (χ1n) is 6.08. The van der Waals surface area contributed by atoms with E-state index >= 15 is 0 Å². The third kappa shape index (κ3) is 4.18. The van der Waals surface area contributed by atoms with Crippen molar-refractivity contribution in [3.8, 4) is 0 Å². The number of hydrogen-bond acceptors (Lipinski definition) is 4. The molecule has 19 heavy (non-hydrogen) atoms. The molecule has 0 amide bonds. The molecule has 1 N–H and O–H groups in total. The van der Waals surface area contributed by atoms with Gasteiger partial charge in [-0.2, -0.15) is 0 Å². The number of nitrogens with one attached hydrogen (secondary N) is 1. The summed E-state index contributed by atoms with van der Waals surface area (Å²) in [5.41, 5.74) is 0.517. The van der Waals surface area contributed by atoms with Crippen molar-refractivity contribution in [1.29, 1.82) is 0 Å². The standard InChI is InChI=1S/C13H17NO3S2/c1-13(7-8-19(15,16)10-13)14-12(18)17-9-11-5-3-2-4-6-11/h2-6H,7-10H2,1H3,(H,14,18). The second kappa shape index (κ2) is 5.46. The number of thiocarbonyl (C=S) groups is 1. The summed E-state index contributed by atoms with van der Waals surface area (Å²) in [4.78, 5) is 0. The zero-order valence-corrected chi connectivity index (χ0v) is 12.4. The van der Waals surface area contributed by atoms with E-state index in [1.807, 2.05) is 37.3 Å². The van der Waals surface area contributed by atoms with Crippen LogP contribution in [0.25, 0.3) is 0 Å². The fourth-order valence-corrected chi connectivity index (χ4v) is 4.51. The highest BCUT2D eigenvalue weighted by atomic mass is 32.2. The van der Waals surface area contributed by atoms with Crippen LogP contribution in [0.15, 0.2) is 30.3 Å². The number of rotatable bonds is 3. The molecule has 0 saturated carbocycles. The highest BCUT2D eigenvalue weighted by Crippen LogP contribution is 2.22. The summed E-state index contributed by atoms with van der Waals surface area (Å²) in [5.74, 6) is 0.312. The average molecular weight is 299 g/mol. The van der Waals surface area contributed by atoms with Crippen LogP contribution < -0.4 is 5.32 Å². The summed E-state index contributed by atoms with van der Waals surface area (Å²) >= 11 is 5.11. The van der Waals surface area contributed by atoms with E-state index in [0.717, 1.165) is 5.56 Å². The molecule has 1 heterocycles. The molecule has 2 rings (SSSR count). The molecule has 6 heteroatoms.